The van der Waals surface area contributed by atoms with E-state index in [1.165, 1.54) is 0 Å². The Morgan fingerprint density at radius 1 is 1.25 bits per heavy atom. The van der Waals surface area contributed by atoms with Crippen LogP contribution in [0.5, 0.6) is 0 Å². The lowest BCUT2D eigenvalue weighted by molar-refractivity contribution is -0.174. The SMILES string of the molecule is CN1CC2(C1)CN(C(=O)C1(C)CCCO1)C2. The van der Waals surface area contributed by atoms with Crippen molar-refractivity contribution in [3.05, 3.63) is 0 Å². The first-order valence-corrected chi connectivity index (χ1v) is 6.15. The summed E-state index contributed by atoms with van der Waals surface area (Å²) in [6, 6.07) is 0. The average molecular weight is 224 g/mol. The van der Waals surface area contributed by atoms with Crippen LogP contribution in [0.3, 0.4) is 0 Å². The number of amides is 1. The highest BCUT2D eigenvalue weighted by Gasteiger charge is 2.54. The third-order valence-corrected chi connectivity index (χ3v) is 4.22. The molecule has 3 fully saturated rings. The maximum Gasteiger partial charge on any atom is 0.254 e. The van der Waals surface area contributed by atoms with Crippen LogP contribution in [-0.4, -0.2) is 61.1 Å². The quantitative estimate of drug-likeness (QED) is 0.643. The van der Waals surface area contributed by atoms with Crippen molar-refractivity contribution in [2.75, 3.05) is 39.8 Å². The first-order chi connectivity index (χ1) is 7.53. The van der Waals surface area contributed by atoms with Crippen LogP contribution in [0.4, 0.5) is 0 Å². The summed E-state index contributed by atoms with van der Waals surface area (Å²) in [5.41, 5.74) is -0.0867. The van der Waals surface area contributed by atoms with Crippen molar-refractivity contribution in [3.63, 3.8) is 0 Å². The van der Waals surface area contributed by atoms with Gasteiger partial charge >= 0.3 is 0 Å². The number of hydrogen-bond donors (Lipinski definition) is 0. The van der Waals surface area contributed by atoms with Crippen LogP contribution in [0, 0.1) is 5.41 Å². The number of likely N-dealkylation sites (tertiary alicyclic amines) is 2. The highest BCUT2D eigenvalue weighted by atomic mass is 16.5. The molecule has 0 saturated carbocycles. The van der Waals surface area contributed by atoms with Gasteiger partial charge in [-0.1, -0.05) is 0 Å². The van der Waals surface area contributed by atoms with Gasteiger partial charge in [0.1, 0.15) is 5.60 Å². The number of ether oxygens (including phenoxy) is 1. The van der Waals surface area contributed by atoms with Gasteiger partial charge in [0.2, 0.25) is 0 Å². The lowest BCUT2D eigenvalue weighted by Crippen LogP contribution is -2.73. The molecule has 90 valence electrons. The summed E-state index contributed by atoms with van der Waals surface area (Å²) in [7, 11) is 2.14. The van der Waals surface area contributed by atoms with Crippen LogP contribution in [0.15, 0.2) is 0 Å². The summed E-state index contributed by atoms with van der Waals surface area (Å²) >= 11 is 0. The van der Waals surface area contributed by atoms with Gasteiger partial charge in [0.05, 0.1) is 0 Å². The molecule has 0 aliphatic carbocycles. The van der Waals surface area contributed by atoms with Crippen molar-refractivity contribution >= 4 is 5.91 Å². The van der Waals surface area contributed by atoms with Crippen LogP contribution < -0.4 is 0 Å². The molecule has 16 heavy (non-hydrogen) atoms. The second kappa shape index (κ2) is 3.20. The van der Waals surface area contributed by atoms with Crippen molar-refractivity contribution in [3.8, 4) is 0 Å². The van der Waals surface area contributed by atoms with Crippen molar-refractivity contribution in [1.82, 2.24) is 9.80 Å². The lowest BCUT2D eigenvalue weighted by atomic mass is 9.72. The van der Waals surface area contributed by atoms with E-state index in [0.717, 1.165) is 45.6 Å². The van der Waals surface area contributed by atoms with Crippen LogP contribution in [0.2, 0.25) is 0 Å². The Labute approximate surface area is 96.5 Å². The molecule has 0 aromatic heterocycles. The van der Waals surface area contributed by atoms with E-state index in [0.29, 0.717) is 5.41 Å². The van der Waals surface area contributed by atoms with Crippen molar-refractivity contribution in [2.24, 2.45) is 5.41 Å². The minimum atomic E-state index is -0.517. The minimum absolute atomic E-state index is 0.213. The predicted octanol–water partition coefficient (Wildman–Crippen LogP) is 0.329. The summed E-state index contributed by atoms with van der Waals surface area (Å²) < 4.78 is 5.60. The monoisotopic (exact) mass is 224 g/mol. The molecule has 0 radical (unpaired) electrons. The number of hydrogen-bond acceptors (Lipinski definition) is 3. The molecular weight excluding hydrogens is 204 g/mol. The van der Waals surface area contributed by atoms with Crippen molar-refractivity contribution in [1.29, 1.82) is 0 Å². The summed E-state index contributed by atoms with van der Waals surface area (Å²) in [5.74, 6) is 0.213. The molecular formula is C12H20N2O2. The van der Waals surface area contributed by atoms with Crippen molar-refractivity contribution < 1.29 is 9.53 Å². The van der Waals surface area contributed by atoms with Crippen LogP contribution in [-0.2, 0) is 9.53 Å². The normalized spacial score (nSPS) is 37.2. The van der Waals surface area contributed by atoms with Gasteiger partial charge in [-0.05, 0) is 26.8 Å². The van der Waals surface area contributed by atoms with Crippen LogP contribution >= 0.6 is 0 Å². The fourth-order valence-electron chi connectivity index (χ4n) is 3.49. The van der Waals surface area contributed by atoms with Crippen molar-refractivity contribution in [2.45, 2.75) is 25.4 Å². The van der Waals surface area contributed by atoms with Gasteiger partial charge in [-0.3, -0.25) is 4.79 Å². The number of nitrogens with zero attached hydrogens (tertiary/aromatic N) is 2. The van der Waals surface area contributed by atoms with E-state index in [4.69, 9.17) is 4.74 Å². The van der Waals surface area contributed by atoms with Crippen LogP contribution in [0.1, 0.15) is 19.8 Å². The fraction of sp³-hybridized carbons (Fsp3) is 0.917. The van der Waals surface area contributed by atoms with Gasteiger partial charge in [-0.2, -0.15) is 0 Å². The Kier molecular flexibility index (Phi) is 2.11. The molecule has 0 bridgehead atoms. The number of carbonyl (C=O) groups excluding carboxylic acids is 1. The molecule has 1 atom stereocenters. The Hall–Kier alpha value is -0.610. The molecule has 4 nitrogen and oxygen atoms in total. The third-order valence-electron chi connectivity index (χ3n) is 4.22. The zero-order valence-corrected chi connectivity index (χ0v) is 10.2. The Morgan fingerprint density at radius 3 is 2.44 bits per heavy atom. The van der Waals surface area contributed by atoms with E-state index in [2.05, 4.69) is 11.9 Å². The summed E-state index contributed by atoms with van der Waals surface area (Å²) in [6.07, 6.45) is 1.90. The molecule has 1 amide bonds. The second-order valence-electron chi connectivity index (χ2n) is 6.02. The third kappa shape index (κ3) is 1.39. The second-order valence-corrected chi connectivity index (χ2v) is 6.02. The Bertz CT molecular complexity index is 309. The summed E-state index contributed by atoms with van der Waals surface area (Å²) in [4.78, 5) is 16.5. The van der Waals surface area contributed by atoms with E-state index in [1.54, 1.807) is 0 Å². The van der Waals surface area contributed by atoms with Gasteiger partial charge in [0.15, 0.2) is 0 Å². The van der Waals surface area contributed by atoms with E-state index >= 15 is 0 Å². The summed E-state index contributed by atoms with van der Waals surface area (Å²) in [6.45, 7) is 6.86. The van der Waals surface area contributed by atoms with Crippen LogP contribution in [0.25, 0.3) is 0 Å². The number of carbonyl (C=O) groups is 1. The topological polar surface area (TPSA) is 32.8 Å². The maximum atomic E-state index is 12.2. The lowest BCUT2D eigenvalue weighted by Gasteiger charge is -2.60. The molecule has 3 aliphatic heterocycles. The molecule has 1 unspecified atom stereocenters. The Morgan fingerprint density at radius 2 is 1.94 bits per heavy atom. The Balaban J connectivity index is 1.58. The van der Waals surface area contributed by atoms with E-state index < -0.39 is 5.60 Å². The van der Waals surface area contributed by atoms with Gasteiger partial charge in [0, 0.05) is 38.2 Å². The minimum Gasteiger partial charge on any atom is -0.365 e. The molecule has 3 saturated heterocycles. The highest BCUT2D eigenvalue weighted by Crippen LogP contribution is 2.41. The standard InChI is InChI=1S/C12H20N2O2/c1-11(4-3-5-16-11)10(15)14-8-12(9-14)6-13(2)7-12/h3-9H2,1-2H3. The maximum absolute atomic E-state index is 12.2. The summed E-state index contributed by atoms with van der Waals surface area (Å²) in [5, 5.41) is 0. The first-order valence-electron chi connectivity index (χ1n) is 6.15. The first kappa shape index (κ1) is 10.5. The molecule has 4 heteroatoms. The van der Waals surface area contributed by atoms with E-state index in [1.807, 2.05) is 11.8 Å². The van der Waals surface area contributed by atoms with Gasteiger partial charge in [0.25, 0.3) is 5.91 Å². The molecule has 1 spiro atoms. The average Bonchev–Trinajstić information content (AvgIpc) is 2.56. The van der Waals surface area contributed by atoms with Gasteiger partial charge in [-0.15, -0.1) is 0 Å². The predicted molar refractivity (Wildman–Crippen MR) is 60.1 cm³/mol. The van der Waals surface area contributed by atoms with Gasteiger partial charge < -0.3 is 14.5 Å². The largest absolute Gasteiger partial charge is 0.365 e. The molecule has 3 aliphatic rings. The van der Waals surface area contributed by atoms with Gasteiger partial charge in [-0.25, -0.2) is 0 Å². The molecule has 0 aromatic carbocycles. The molecule has 3 rings (SSSR count). The molecule has 0 N–H and O–H groups in total. The zero-order chi connectivity index (χ0) is 11.4. The fourth-order valence-corrected chi connectivity index (χ4v) is 3.49. The zero-order valence-electron chi connectivity index (χ0n) is 10.2. The number of rotatable bonds is 1. The molecule has 3 heterocycles. The smallest absolute Gasteiger partial charge is 0.254 e. The highest BCUT2D eigenvalue weighted by molar-refractivity contribution is 5.86. The van der Waals surface area contributed by atoms with E-state index in [9.17, 15) is 4.79 Å². The van der Waals surface area contributed by atoms with E-state index in [-0.39, 0.29) is 5.91 Å². The molecule has 0 aromatic rings.